The lowest BCUT2D eigenvalue weighted by atomic mass is 9.92. The van der Waals surface area contributed by atoms with Crippen molar-refractivity contribution < 1.29 is 4.79 Å². The lowest BCUT2D eigenvalue weighted by Crippen LogP contribution is -2.54. The third-order valence-corrected chi connectivity index (χ3v) is 4.20. The molecular formula is C16H33N3O. The first kappa shape index (κ1) is 17.4. The summed E-state index contributed by atoms with van der Waals surface area (Å²) in [6.45, 7) is 14.7. The van der Waals surface area contributed by atoms with Crippen LogP contribution in [0.1, 0.15) is 47.5 Å². The minimum absolute atomic E-state index is 0.0108. The van der Waals surface area contributed by atoms with Gasteiger partial charge in [0, 0.05) is 25.7 Å². The molecule has 0 aromatic rings. The van der Waals surface area contributed by atoms with Crippen molar-refractivity contribution in [3.05, 3.63) is 0 Å². The number of carbonyl (C=O) groups excluding carboxylic acids is 1. The van der Waals surface area contributed by atoms with E-state index in [0.717, 1.165) is 32.6 Å². The van der Waals surface area contributed by atoms with Crippen LogP contribution in [0.4, 0.5) is 0 Å². The Bertz CT molecular complexity index is 293. The van der Waals surface area contributed by atoms with Gasteiger partial charge in [0.05, 0.1) is 6.04 Å². The van der Waals surface area contributed by atoms with E-state index in [1.807, 2.05) is 6.92 Å². The minimum atomic E-state index is -0.0108. The van der Waals surface area contributed by atoms with Gasteiger partial charge in [0.1, 0.15) is 0 Å². The average Bonchev–Trinajstić information content (AvgIpc) is 2.42. The molecule has 3 atom stereocenters. The Balaban J connectivity index is 2.40. The normalized spacial score (nSPS) is 25.7. The van der Waals surface area contributed by atoms with Crippen LogP contribution in [-0.4, -0.2) is 49.1 Å². The minimum Gasteiger partial charge on any atom is -0.354 e. The van der Waals surface area contributed by atoms with Crippen molar-refractivity contribution in [3.63, 3.8) is 0 Å². The second kappa shape index (κ2) is 8.63. The molecule has 3 unspecified atom stereocenters. The van der Waals surface area contributed by atoms with Crippen molar-refractivity contribution in [2.75, 3.05) is 26.2 Å². The Labute approximate surface area is 124 Å². The first-order valence-electron chi connectivity index (χ1n) is 8.20. The predicted octanol–water partition coefficient (Wildman–Crippen LogP) is 1.86. The summed E-state index contributed by atoms with van der Waals surface area (Å²) in [5.41, 5.74) is 0. The molecule has 1 aliphatic heterocycles. The number of hydrogen-bond donors (Lipinski definition) is 2. The summed E-state index contributed by atoms with van der Waals surface area (Å²) in [6, 6.07) is 0.598. The highest BCUT2D eigenvalue weighted by molar-refractivity contribution is 5.81. The van der Waals surface area contributed by atoms with E-state index < -0.39 is 0 Å². The van der Waals surface area contributed by atoms with Crippen LogP contribution in [0.3, 0.4) is 0 Å². The molecule has 0 aromatic heterocycles. The maximum atomic E-state index is 12.1. The topological polar surface area (TPSA) is 44.4 Å². The molecule has 1 heterocycles. The smallest absolute Gasteiger partial charge is 0.237 e. The highest BCUT2D eigenvalue weighted by Crippen LogP contribution is 2.19. The van der Waals surface area contributed by atoms with Gasteiger partial charge in [-0.1, -0.05) is 27.7 Å². The number of piperidine rings is 1. The lowest BCUT2D eigenvalue weighted by Gasteiger charge is -2.40. The first-order valence-corrected chi connectivity index (χ1v) is 8.20. The van der Waals surface area contributed by atoms with E-state index in [9.17, 15) is 4.79 Å². The maximum absolute atomic E-state index is 12.1. The molecule has 0 saturated carbocycles. The van der Waals surface area contributed by atoms with Gasteiger partial charge in [-0.05, 0) is 38.1 Å². The van der Waals surface area contributed by atoms with E-state index in [1.165, 1.54) is 6.42 Å². The summed E-state index contributed by atoms with van der Waals surface area (Å²) in [6.07, 6.45) is 2.32. The molecule has 1 aliphatic rings. The molecule has 0 aromatic carbocycles. The molecule has 0 radical (unpaired) electrons. The third kappa shape index (κ3) is 5.41. The van der Waals surface area contributed by atoms with E-state index in [1.54, 1.807) is 0 Å². The largest absolute Gasteiger partial charge is 0.354 e. The van der Waals surface area contributed by atoms with Crippen molar-refractivity contribution in [3.8, 4) is 0 Å². The lowest BCUT2D eigenvalue weighted by molar-refractivity contribution is -0.126. The van der Waals surface area contributed by atoms with Crippen LogP contribution >= 0.6 is 0 Å². The van der Waals surface area contributed by atoms with E-state index >= 15 is 0 Å². The van der Waals surface area contributed by atoms with E-state index in [0.29, 0.717) is 17.9 Å². The van der Waals surface area contributed by atoms with Crippen LogP contribution < -0.4 is 10.6 Å². The van der Waals surface area contributed by atoms with Gasteiger partial charge < -0.3 is 10.6 Å². The van der Waals surface area contributed by atoms with Crippen LogP contribution in [0.15, 0.2) is 0 Å². The fourth-order valence-corrected chi connectivity index (χ4v) is 2.78. The zero-order valence-corrected chi connectivity index (χ0v) is 13.9. The molecule has 4 heteroatoms. The summed E-state index contributed by atoms with van der Waals surface area (Å²) in [7, 11) is 0. The van der Waals surface area contributed by atoms with Crippen molar-refractivity contribution in [1.29, 1.82) is 0 Å². The number of amides is 1. The van der Waals surface area contributed by atoms with E-state index in [-0.39, 0.29) is 11.9 Å². The molecular weight excluding hydrogens is 250 g/mol. The number of nitrogens with zero attached hydrogens (tertiary/aromatic N) is 1. The van der Waals surface area contributed by atoms with E-state index in [2.05, 4.69) is 43.2 Å². The van der Waals surface area contributed by atoms with Crippen LogP contribution in [0.5, 0.6) is 0 Å². The Kier molecular flexibility index (Phi) is 7.52. The van der Waals surface area contributed by atoms with Gasteiger partial charge in [-0.3, -0.25) is 9.69 Å². The summed E-state index contributed by atoms with van der Waals surface area (Å²) in [4.78, 5) is 14.5. The number of rotatable bonds is 7. The summed E-state index contributed by atoms with van der Waals surface area (Å²) in [5, 5.41) is 6.67. The van der Waals surface area contributed by atoms with Crippen LogP contribution in [0.25, 0.3) is 0 Å². The summed E-state index contributed by atoms with van der Waals surface area (Å²) in [5.74, 6) is 1.29. The van der Waals surface area contributed by atoms with Gasteiger partial charge in [0.15, 0.2) is 0 Å². The SMILES string of the molecule is CCCNC1CCN(C(C)C(=O)NCC(C)C)CC1C. The molecule has 0 bridgehead atoms. The van der Waals surface area contributed by atoms with Crippen LogP contribution in [0, 0.1) is 11.8 Å². The molecule has 2 N–H and O–H groups in total. The summed E-state index contributed by atoms with van der Waals surface area (Å²) < 4.78 is 0. The van der Waals surface area contributed by atoms with Gasteiger partial charge in [-0.15, -0.1) is 0 Å². The van der Waals surface area contributed by atoms with Crippen LogP contribution in [0.2, 0.25) is 0 Å². The third-order valence-electron chi connectivity index (χ3n) is 4.20. The number of carbonyl (C=O) groups is 1. The predicted molar refractivity (Wildman–Crippen MR) is 84.7 cm³/mol. The monoisotopic (exact) mass is 283 g/mol. The quantitative estimate of drug-likeness (QED) is 0.749. The molecule has 118 valence electrons. The number of likely N-dealkylation sites (tertiary alicyclic amines) is 1. The zero-order valence-electron chi connectivity index (χ0n) is 13.9. The number of nitrogens with one attached hydrogen (secondary N) is 2. The van der Waals surface area contributed by atoms with Crippen molar-refractivity contribution >= 4 is 5.91 Å². The van der Waals surface area contributed by atoms with Crippen molar-refractivity contribution in [2.24, 2.45) is 11.8 Å². The molecule has 1 rings (SSSR count). The van der Waals surface area contributed by atoms with Crippen molar-refractivity contribution in [2.45, 2.75) is 59.5 Å². The molecule has 4 nitrogen and oxygen atoms in total. The average molecular weight is 283 g/mol. The van der Waals surface area contributed by atoms with Gasteiger partial charge in [0.25, 0.3) is 0 Å². The second-order valence-corrected chi connectivity index (χ2v) is 6.64. The highest BCUT2D eigenvalue weighted by atomic mass is 16.2. The second-order valence-electron chi connectivity index (χ2n) is 6.64. The van der Waals surface area contributed by atoms with Gasteiger partial charge in [-0.25, -0.2) is 0 Å². The van der Waals surface area contributed by atoms with Gasteiger partial charge >= 0.3 is 0 Å². The fraction of sp³-hybridized carbons (Fsp3) is 0.938. The molecule has 1 saturated heterocycles. The number of hydrogen-bond acceptors (Lipinski definition) is 3. The molecule has 20 heavy (non-hydrogen) atoms. The van der Waals surface area contributed by atoms with Gasteiger partial charge in [0.2, 0.25) is 5.91 Å². The summed E-state index contributed by atoms with van der Waals surface area (Å²) >= 11 is 0. The van der Waals surface area contributed by atoms with Crippen molar-refractivity contribution in [1.82, 2.24) is 15.5 Å². The molecule has 1 fully saturated rings. The Morgan fingerprint density at radius 3 is 2.60 bits per heavy atom. The maximum Gasteiger partial charge on any atom is 0.237 e. The Morgan fingerprint density at radius 2 is 2.05 bits per heavy atom. The first-order chi connectivity index (χ1) is 9.45. The van der Waals surface area contributed by atoms with Gasteiger partial charge in [-0.2, -0.15) is 0 Å². The highest BCUT2D eigenvalue weighted by Gasteiger charge is 2.30. The molecule has 0 aliphatic carbocycles. The molecule has 1 amide bonds. The van der Waals surface area contributed by atoms with E-state index in [4.69, 9.17) is 0 Å². The standard InChI is InChI=1S/C16H33N3O/c1-6-8-17-15-7-9-19(11-13(15)4)14(5)16(20)18-10-12(2)3/h12-15,17H,6-11H2,1-5H3,(H,18,20). The zero-order chi connectivity index (χ0) is 15.1. The fourth-order valence-electron chi connectivity index (χ4n) is 2.78. The Hall–Kier alpha value is -0.610. The van der Waals surface area contributed by atoms with Crippen LogP contribution in [-0.2, 0) is 4.79 Å². The Morgan fingerprint density at radius 1 is 1.35 bits per heavy atom. The molecule has 0 spiro atoms.